The van der Waals surface area contributed by atoms with Gasteiger partial charge in [-0.1, -0.05) is 104 Å². The Hall–Kier alpha value is -3.05. The highest BCUT2D eigenvalue weighted by molar-refractivity contribution is 7.99. The molecular weight excluding hydrogens is 464 g/mol. The molecule has 1 atom stereocenters. The zero-order valence-corrected chi connectivity index (χ0v) is 22.7. The van der Waals surface area contributed by atoms with Crippen LogP contribution in [0.25, 0.3) is 0 Å². The molecule has 0 spiro atoms. The van der Waals surface area contributed by atoms with Crippen LogP contribution >= 0.6 is 11.8 Å². The van der Waals surface area contributed by atoms with Crippen molar-refractivity contribution in [1.82, 2.24) is 10.2 Å². The van der Waals surface area contributed by atoms with Crippen molar-refractivity contribution in [2.24, 2.45) is 5.92 Å². The van der Waals surface area contributed by atoms with E-state index in [0.29, 0.717) is 31.2 Å². The summed E-state index contributed by atoms with van der Waals surface area (Å²) in [5, 5.41) is 3.08. The number of carbonyl (C=O) groups is 2. The van der Waals surface area contributed by atoms with Gasteiger partial charge >= 0.3 is 0 Å². The molecule has 190 valence electrons. The monoisotopic (exact) mass is 502 g/mol. The highest BCUT2D eigenvalue weighted by Gasteiger charge is 2.30. The first kappa shape index (κ1) is 27.5. The lowest BCUT2D eigenvalue weighted by atomic mass is 10.0. The summed E-state index contributed by atoms with van der Waals surface area (Å²) in [6, 6.07) is 25.8. The molecule has 1 unspecified atom stereocenters. The standard InChI is InChI=1S/C31H38N2O2S/c1-23(2)19-32-31(35)29(18-26-11-7-5-8-12-26)33(20-27-13-9-6-10-14-27)30(34)22-36-21-28-16-24(3)15-25(4)17-28/h5-17,23,29H,18-22H2,1-4H3,(H,32,35). The number of benzene rings is 3. The number of thioether (sulfide) groups is 1. The average Bonchev–Trinajstić information content (AvgIpc) is 2.85. The van der Waals surface area contributed by atoms with Gasteiger partial charge in [0.15, 0.2) is 0 Å². The fraction of sp³-hybridized carbons (Fsp3) is 0.355. The summed E-state index contributed by atoms with van der Waals surface area (Å²) in [7, 11) is 0. The molecule has 0 fully saturated rings. The Kier molecular flexibility index (Phi) is 10.6. The molecule has 4 nitrogen and oxygen atoms in total. The molecule has 0 aromatic heterocycles. The molecule has 0 radical (unpaired) electrons. The lowest BCUT2D eigenvalue weighted by molar-refractivity contribution is -0.139. The highest BCUT2D eigenvalue weighted by atomic mass is 32.2. The van der Waals surface area contributed by atoms with Gasteiger partial charge in [-0.05, 0) is 36.5 Å². The topological polar surface area (TPSA) is 49.4 Å². The van der Waals surface area contributed by atoms with Crippen LogP contribution in [0, 0.1) is 19.8 Å². The summed E-state index contributed by atoms with van der Waals surface area (Å²) < 4.78 is 0. The molecule has 3 rings (SSSR count). The maximum absolute atomic E-state index is 13.7. The van der Waals surface area contributed by atoms with Crippen molar-refractivity contribution in [3.63, 3.8) is 0 Å². The summed E-state index contributed by atoms with van der Waals surface area (Å²) >= 11 is 1.60. The van der Waals surface area contributed by atoms with E-state index in [4.69, 9.17) is 0 Å². The minimum Gasteiger partial charge on any atom is -0.354 e. The smallest absolute Gasteiger partial charge is 0.243 e. The van der Waals surface area contributed by atoms with E-state index < -0.39 is 6.04 Å². The van der Waals surface area contributed by atoms with Crippen molar-refractivity contribution in [3.05, 3.63) is 107 Å². The second-order valence-electron chi connectivity index (χ2n) is 9.84. The van der Waals surface area contributed by atoms with Crippen LogP contribution in [0.5, 0.6) is 0 Å². The third kappa shape index (κ3) is 8.87. The SMILES string of the molecule is Cc1cc(C)cc(CSCC(=O)N(Cc2ccccc2)C(Cc2ccccc2)C(=O)NCC(C)C)c1. The van der Waals surface area contributed by atoms with Crippen LogP contribution < -0.4 is 5.32 Å². The predicted molar refractivity (Wildman–Crippen MR) is 151 cm³/mol. The Morgan fingerprint density at radius 2 is 1.42 bits per heavy atom. The molecule has 2 amide bonds. The molecule has 0 heterocycles. The number of hydrogen-bond donors (Lipinski definition) is 1. The van der Waals surface area contributed by atoms with Crippen LogP contribution in [0.2, 0.25) is 0 Å². The van der Waals surface area contributed by atoms with E-state index in [9.17, 15) is 9.59 Å². The Balaban J connectivity index is 1.82. The lowest BCUT2D eigenvalue weighted by Gasteiger charge is -2.32. The summed E-state index contributed by atoms with van der Waals surface area (Å²) in [5.41, 5.74) is 5.73. The summed E-state index contributed by atoms with van der Waals surface area (Å²) in [6.45, 7) is 9.32. The van der Waals surface area contributed by atoms with Crippen LogP contribution in [-0.4, -0.2) is 35.1 Å². The first-order valence-electron chi connectivity index (χ1n) is 12.6. The normalized spacial score (nSPS) is 11.8. The van der Waals surface area contributed by atoms with Gasteiger partial charge < -0.3 is 10.2 Å². The van der Waals surface area contributed by atoms with Crippen LogP contribution in [0.15, 0.2) is 78.9 Å². The largest absolute Gasteiger partial charge is 0.354 e. The van der Waals surface area contributed by atoms with E-state index in [1.165, 1.54) is 16.7 Å². The van der Waals surface area contributed by atoms with Gasteiger partial charge in [-0.3, -0.25) is 9.59 Å². The van der Waals surface area contributed by atoms with Gasteiger partial charge in [0.05, 0.1) is 5.75 Å². The quantitative estimate of drug-likeness (QED) is 0.333. The van der Waals surface area contributed by atoms with E-state index in [0.717, 1.165) is 16.9 Å². The molecule has 0 aliphatic carbocycles. The number of rotatable bonds is 12. The Morgan fingerprint density at radius 3 is 2.00 bits per heavy atom. The minimum absolute atomic E-state index is 0.0196. The fourth-order valence-corrected chi connectivity index (χ4v) is 5.09. The van der Waals surface area contributed by atoms with Gasteiger partial charge in [0.2, 0.25) is 11.8 Å². The number of nitrogens with one attached hydrogen (secondary N) is 1. The van der Waals surface area contributed by atoms with Crippen LogP contribution in [0.3, 0.4) is 0 Å². The average molecular weight is 503 g/mol. The number of carbonyl (C=O) groups excluding carboxylic acids is 2. The molecule has 0 bridgehead atoms. The Bertz CT molecular complexity index is 1100. The van der Waals surface area contributed by atoms with E-state index in [-0.39, 0.29) is 11.8 Å². The number of nitrogens with zero attached hydrogens (tertiary/aromatic N) is 1. The predicted octanol–water partition coefficient (Wildman–Crippen LogP) is 5.95. The van der Waals surface area contributed by atoms with Crippen LogP contribution in [0.1, 0.15) is 41.7 Å². The van der Waals surface area contributed by atoms with Gasteiger partial charge in [-0.2, -0.15) is 0 Å². The zero-order chi connectivity index (χ0) is 25.9. The van der Waals surface area contributed by atoms with Gasteiger partial charge in [0.25, 0.3) is 0 Å². The first-order chi connectivity index (χ1) is 17.3. The van der Waals surface area contributed by atoms with Gasteiger partial charge in [-0.15, -0.1) is 11.8 Å². The van der Waals surface area contributed by atoms with Gasteiger partial charge in [0.1, 0.15) is 6.04 Å². The molecule has 0 saturated heterocycles. The maximum atomic E-state index is 13.7. The number of hydrogen-bond acceptors (Lipinski definition) is 3. The van der Waals surface area contributed by atoms with Crippen molar-refractivity contribution in [3.8, 4) is 0 Å². The molecule has 0 aliphatic rings. The second-order valence-corrected chi connectivity index (χ2v) is 10.8. The van der Waals surface area contributed by atoms with E-state index in [1.54, 1.807) is 16.7 Å². The van der Waals surface area contributed by atoms with Crippen molar-refractivity contribution < 1.29 is 9.59 Å². The van der Waals surface area contributed by atoms with Crippen molar-refractivity contribution in [1.29, 1.82) is 0 Å². The van der Waals surface area contributed by atoms with Gasteiger partial charge in [0, 0.05) is 25.3 Å². The number of amides is 2. The molecule has 3 aromatic carbocycles. The van der Waals surface area contributed by atoms with Crippen molar-refractivity contribution in [2.75, 3.05) is 12.3 Å². The lowest BCUT2D eigenvalue weighted by Crippen LogP contribution is -2.51. The summed E-state index contributed by atoms with van der Waals surface area (Å²) in [4.78, 5) is 28.9. The van der Waals surface area contributed by atoms with E-state index in [2.05, 4.69) is 51.2 Å². The molecule has 0 aliphatic heterocycles. The fourth-order valence-electron chi connectivity index (χ4n) is 4.25. The molecule has 3 aromatic rings. The number of aryl methyl sites for hydroxylation is 2. The summed E-state index contributed by atoms with van der Waals surface area (Å²) in [5.74, 6) is 1.29. The maximum Gasteiger partial charge on any atom is 0.243 e. The molecule has 1 N–H and O–H groups in total. The Morgan fingerprint density at radius 1 is 0.833 bits per heavy atom. The van der Waals surface area contributed by atoms with Crippen LogP contribution in [0.4, 0.5) is 0 Å². The second kappa shape index (κ2) is 13.9. The zero-order valence-electron chi connectivity index (χ0n) is 21.9. The van der Waals surface area contributed by atoms with E-state index >= 15 is 0 Å². The molecule has 5 heteroatoms. The molecule has 36 heavy (non-hydrogen) atoms. The first-order valence-corrected chi connectivity index (χ1v) is 13.8. The highest BCUT2D eigenvalue weighted by Crippen LogP contribution is 2.20. The van der Waals surface area contributed by atoms with E-state index in [1.807, 2.05) is 60.7 Å². The minimum atomic E-state index is -0.583. The molecule has 0 saturated carbocycles. The third-order valence-corrected chi connectivity index (χ3v) is 6.92. The third-order valence-electron chi connectivity index (χ3n) is 5.93. The van der Waals surface area contributed by atoms with Crippen LogP contribution in [-0.2, 0) is 28.3 Å². The van der Waals surface area contributed by atoms with Crippen molar-refractivity contribution in [2.45, 2.75) is 52.5 Å². The molecular formula is C31H38N2O2S. The Labute approximate surface area is 220 Å². The van der Waals surface area contributed by atoms with Gasteiger partial charge in [-0.25, -0.2) is 0 Å². The van der Waals surface area contributed by atoms with Crippen molar-refractivity contribution >= 4 is 23.6 Å². The summed E-state index contributed by atoms with van der Waals surface area (Å²) in [6.07, 6.45) is 0.477.